The lowest BCUT2D eigenvalue weighted by atomic mass is 9.82. The van der Waals surface area contributed by atoms with Crippen molar-refractivity contribution in [2.45, 2.75) is 53.4 Å². The van der Waals surface area contributed by atoms with E-state index in [1.807, 2.05) is 7.05 Å². The summed E-state index contributed by atoms with van der Waals surface area (Å²) in [4.78, 5) is 9.48. The summed E-state index contributed by atoms with van der Waals surface area (Å²) < 4.78 is 0. The molecule has 1 aliphatic rings. The first kappa shape index (κ1) is 16.7. The van der Waals surface area contributed by atoms with Gasteiger partial charge in [-0.05, 0) is 24.5 Å². The standard InChI is InChI=1S/C20H28N2/c1-7-14-15-11-9-10-12-16(15)18(22-17(14)8-2)13-19(21-6)20(3,4)5/h9-14H,7-8H2,1-6H3/b18-13-,21-19+/t14-/m1/s1. The van der Waals surface area contributed by atoms with Gasteiger partial charge >= 0.3 is 0 Å². The third-order valence-corrected chi connectivity index (χ3v) is 4.33. The highest BCUT2D eigenvalue weighted by molar-refractivity contribution is 6.07. The number of rotatable bonds is 3. The number of hydrogen-bond donors (Lipinski definition) is 0. The van der Waals surface area contributed by atoms with Gasteiger partial charge in [-0.3, -0.25) is 9.98 Å². The Bertz CT molecular complexity index is 627. The highest BCUT2D eigenvalue weighted by Crippen LogP contribution is 2.36. The maximum Gasteiger partial charge on any atom is 0.0722 e. The zero-order chi connectivity index (χ0) is 16.3. The lowest BCUT2D eigenvalue weighted by Crippen LogP contribution is -2.21. The van der Waals surface area contributed by atoms with Crippen molar-refractivity contribution in [3.8, 4) is 0 Å². The Morgan fingerprint density at radius 1 is 1.23 bits per heavy atom. The van der Waals surface area contributed by atoms with Crippen molar-refractivity contribution in [1.29, 1.82) is 0 Å². The van der Waals surface area contributed by atoms with Gasteiger partial charge < -0.3 is 0 Å². The molecule has 0 aromatic heterocycles. The Kier molecular flexibility index (Phi) is 5.00. The third-order valence-electron chi connectivity index (χ3n) is 4.33. The molecule has 0 fully saturated rings. The molecule has 1 aromatic rings. The lowest BCUT2D eigenvalue weighted by Gasteiger charge is -2.27. The Hall–Kier alpha value is -1.70. The summed E-state index contributed by atoms with van der Waals surface area (Å²) in [5.74, 6) is 0.454. The van der Waals surface area contributed by atoms with Gasteiger partial charge in [0, 0.05) is 35.4 Å². The van der Waals surface area contributed by atoms with Gasteiger partial charge in [-0.2, -0.15) is 0 Å². The van der Waals surface area contributed by atoms with Crippen LogP contribution < -0.4 is 0 Å². The van der Waals surface area contributed by atoms with E-state index in [9.17, 15) is 0 Å². The molecule has 22 heavy (non-hydrogen) atoms. The van der Waals surface area contributed by atoms with Crippen LogP contribution in [-0.2, 0) is 0 Å². The minimum absolute atomic E-state index is 0.0280. The van der Waals surface area contributed by atoms with Crippen molar-refractivity contribution in [3.05, 3.63) is 41.5 Å². The molecule has 2 nitrogen and oxygen atoms in total. The summed E-state index contributed by atoms with van der Waals surface area (Å²) in [5, 5.41) is 0. The molecular weight excluding hydrogens is 268 g/mol. The Morgan fingerprint density at radius 3 is 2.45 bits per heavy atom. The first-order valence-corrected chi connectivity index (χ1v) is 8.28. The third kappa shape index (κ3) is 3.21. The van der Waals surface area contributed by atoms with Crippen LogP contribution in [0.1, 0.15) is 64.5 Å². The Morgan fingerprint density at radius 2 is 1.91 bits per heavy atom. The molecule has 2 heteroatoms. The van der Waals surface area contributed by atoms with E-state index in [1.54, 1.807) is 0 Å². The average Bonchev–Trinajstić information content (AvgIpc) is 2.50. The highest BCUT2D eigenvalue weighted by Gasteiger charge is 2.26. The maximum absolute atomic E-state index is 4.99. The fourth-order valence-corrected chi connectivity index (χ4v) is 3.14. The van der Waals surface area contributed by atoms with Crippen LogP contribution in [0.4, 0.5) is 0 Å². The zero-order valence-corrected chi connectivity index (χ0v) is 14.8. The largest absolute Gasteiger partial charge is 0.292 e. The van der Waals surface area contributed by atoms with Crippen molar-refractivity contribution in [2.24, 2.45) is 15.4 Å². The first-order valence-electron chi connectivity index (χ1n) is 8.28. The Labute approximate surface area is 135 Å². The number of allylic oxidation sites excluding steroid dienone is 1. The van der Waals surface area contributed by atoms with Crippen LogP contribution in [0, 0.1) is 5.41 Å². The van der Waals surface area contributed by atoms with Crippen molar-refractivity contribution >= 4 is 17.1 Å². The van der Waals surface area contributed by atoms with E-state index in [1.165, 1.54) is 16.8 Å². The topological polar surface area (TPSA) is 24.7 Å². The van der Waals surface area contributed by atoms with Crippen molar-refractivity contribution in [3.63, 3.8) is 0 Å². The van der Waals surface area contributed by atoms with Crippen LogP contribution in [0.25, 0.3) is 5.70 Å². The highest BCUT2D eigenvalue weighted by atomic mass is 14.8. The fraction of sp³-hybridized carbons (Fsp3) is 0.500. The minimum Gasteiger partial charge on any atom is -0.292 e. The average molecular weight is 296 g/mol. The summed E-state index contributed by atoms with van der Waals surface area (Å²) in [7, 11) is 1.87. The number of aliphatic imine (C=N–C) groups is 2. The van der Waals surface area contributed by atoms with Gasteiger partial charge in [-0.15, -0.1) is 0 Å². The summed E-state index contributed by atoms with van der Waals surface area (Å²) in [5.41, 5.74) is 6.14. The monoisotopic (exact) mass is 296 g/mol. The van der Waals surface area contributed by atoms with Crippen LogP contribution in [-0.4, -0.2) is 18.5 Å². The molecule has 0 saturated heterocycles. The summed E-state index contributed by atoms with van der Waals surface area (Å²) in [6.45, 7) is 11.0. The smallest absolute Gasteiger partial charge is 0.0722 e. The predicted octanol–water partition coefficient (Wildman–Crippen LogP) is 5.50. The first-order chi connectivity index (χ1) is 10.4. The lowest BCUT2D eigenvalue weighted by molar-refractivity contribution is 0.593. The van der Waals surface area contributed by atoms with Gasteiger partial charge in [-0.1, -0.05) is 58.9 Å². The molecule has 1 aromatic carbocycles. The number of nitrogens with zero attached hydrogens (tertiary/aromatic N) is 2. The van der Waals surface area contributed by atoms with Crippen molar-refractivity contribution in [2.75, 3.05) is 7.05 Å². The van der Waals surface area contributed by atoms with Crippen molar-refractivity contribution in [1.82, 2.24) is 0 Å². The van der Waals surface area contributed by atoms with Gasteiger partial charge in [0.15, 0.2) is 0 Å². The van der Waals surface area contributed by atoms with Crippen LogP contribution >= 0.6 is 0 Å². The molecule has 0 aliphatic carbocycles. The quantitative estimate of drug-likeness (QED) is 0.658. The van der Waals surface area contributed by atoms with Crippen LogP contribution in [0.15, 0.2) is 40.3 Å². The molecule has 118 valence electrons. The van der Waals surface area contributed by atoms with E-state index in [0.29, 0.717) is 5.92 Å². The molecule has 0 N–H and O–H groups in total. The molecule has 0 spiro atoms. The second-order valence-electron chi connectivity index (χ2n) is 6.89. The normalized spacial score (nSPS) is 20.8. The number of fused-ring (bicyclic) bond motifs is 1. The van der Waals surface area contributed by atoms with Gasteiger partial charge in [-0.25, -0.2) is 0 Å². The van der Waals surface area contributed by atoms with E-state index < -0.39 is 0 Å². The summed E-state index contributed by atoms with van der Waals surface area (Å²) in [6, 6.07) is 8.68. The molecule has 1 atom stereocenters. The van der Waals surface area contributed by atoms with E-state index >= 15 is 0 Å². The number of benzene rings is 1. The van der Waals surface area contributed by atoms with E-state index in [4.69, 9.17) is 4.99 Å². The molecule has 0 saturated carbocycles. The molecule has 2 rings (SSSR count). The summed E-state index contributed by atoms with van der Waals surface area (Å²) >= 11 is 0. The molecule has 1 heterocycles. The molecule has 1 aliphatic heterocycles. The second-order valence-corrected chi connectivity index (χ2v) is 6.89. The van der Waals surface area contributed by atoms with Crippen LogP contribution in [0.5, 0.6) is 0 Å². The van der Waals surface area contributed by atoms with Gasteiger partial charge in [0.05, 0.1) is 5.70 Å². The molecule has 0 amide bonds. The fourth-order valence-electron chi connectivity index (χ4n) is 3.14. The second kappa shape index (κ2) is 6.60. The van der Waals surface area contributed by atoms with Crippen LogP contribution in [0.3, 0.4) is 0 Å². The van der Waals surface area contributed by atoms with E-state index in [2.05, 4.69) is 70.0 Å². The maximum atomic E-state index is 4.99. The SMILES string of the molecule is CCC1=N/C(=C\C(=N/C)C(C)(C)C)c2ccccc2[C@H]1CC. The Balaban J connectivity index is 2.61. The van der Waals surface area contributed by atoms with Crippen molar-refractivity contribution < 1.29 is 0 Å². The zero-order valence-electron chi connectivity index (χ0n) is 14.8. The van der Waals surface area contributed by atoms with Gasteiger partial charge in [0.25, 0.3) is 0 Å². The molecular formula is C20H28N2. The van der Waals surface area contributed by atoms with Gasteiger partial charge in [0.2, 0.25) is 0 Å². The van der Waals surface area contributed by atoms with Crippen LogP contribution in [0.2, 0.25) is 0 Å². The predicted molar refractivity (Wildman–Crippen MR) is 98.0 cm³/mol. The molecule has 0 unspecified atom stereocenters. The summed E-state index contributed by atoms with van der Waals surface area (Å²) in [6.07, 6.45) is 4.27. The molecule has 0 radical (unpaired) electrons. The minimum atomic E-state index is 0.0280. The molecule has 0 bridgehead atoms. The van der Waals surface area contributed by atoms with E-state index in [-0.39, 0.29) is 5.41 Å². The van der Waals surface area contributed by atoms with E-state index in [0.717, 1.165) is 24.3 Å². The van der Waals surface area contributed by atoms with Gasteiger partial charge in [0.1, 0.15) is 0 Å². The number of hydrogen-bond acceptors (Lipinski definition) is 2.